The van der Waals surface area contributed by atoms with Crippen molar-refractivity contribution in [2.45, 2.75) is 6.92 Å². The van der Waals surface area contributed by atoms with E-state index < -0.39 is 11.8 Å². The quantitative estimate of drug-likeness (QED) is 0.754. The summed E-state index contributed by atoms with van der Waals surface area (Å²) in [7, 11) is 0. The molecule has 1 aromatic carbocycles. The van der Waals surface area contributed by atoms with Crippen molar-refractivity contribution in [3.63, 3.8) is 0 Å². The lowest BCUT2D eigenvalue weighted by Gasteiger charge is -2.06. The highest BCUT2D eigenvalue weighted by molar-refractivity contribution is 5.80. The second-order valence-corrected chi connectivity index (χ2v) is 2.89. The highest BCUT2D eigenvalue weighted by Gasteiger charge is 2.02. The normalized spacial score (nSPS) is 10.4. The van der Waals surface area contributed by atoms with Gasteiger partial charge in [-0.05, 0) is 19.1 Å². The Morgan fingerprint density at radius 3 is 2.94 bits per heavy atom. The van der Waals surface area contributed by atoms with Crippen LogP contribution in [0.2, 0.25) is 0 Å². The second-order valence-electron chi connectivity index (χ2n) is 2.89. The maximum atomic E-state index is 13.3. The molecule has 0 saturated heterocycles. The topological polar surface area (TPSA) is 58.6 Å². The van der Waals surface area contributed by atoms with Crippen LogP contribution in [0.3, 0.4) is 0 Å². The highest BCUT2D eigenvalue weighted by Crippen LogP contribution is 2.20. The zero-order valence-corrected chi connectivity index (χ0v) is 8.74. The number of nitrogens with one attached hydrogen (secondary N) is 1. The maximum Gasteiger partial charge on any atom is 0.329 e. The first-order chi connectivity index (χ1) is 7.63. The summed E-state index contributed by atoms with van der Waals surface area (Å²) in [6.07, 6.45) is 2.14. The third-order valence-corrected chi connectivity index (χ3v) is 1.71. The smallest absolute Gasteiger partial charge is 0.329 e. The zero-order valence-electron chi connectivity index (χ0n) is 8.74. The number of anilines is 1. The first-order valence-corrected chi connectivity index (χ1v) is 4.72. The molecule has 1 aromatic rings. The van der Waals surface area contributed by atoms with Crippen molar-refractivity contribution in [2.75, 3.05) is 11.9 Å². The minimum atomic E-state index is -1.07. The third-order valence-electron chi connectivity index (χ3n) is 1.71. The number of benzene rings is 1. The van der Waals surface area contributed by atoms with Crippen molar-refractivity contribution >= 4 is 11.7 Å². The number of hydrogen-bond donors (Lipinski definition) is 2. The van der Waals surface area contributed by atoms with Crippen LogP contribution in [-0.2, 0) is 4.79 Å². The third kappa shape index (κ3) is 3.61. The Balaban J connectivity index is 2.69. The lowest BCUT2D eigenvalue weighted by atomic mass is 10.3. The molecule has 2 N–H and O–H groups in total. The van der Waals surface area contributed by atoms with Crippen LogP contribution in [0.5, 0.6) is 5.75 Å². The molecular formula is C11H12FNO3. The number of ether oxygens (including phenoxy) is 1. The fourth-order valence-electron chi connectivity index (χ4n) is 1.07. The molecule has 0 atom stereocenters. The van der Waals surface area contributed by atoms with Gasteiger partial charge in [0.05, 0.1) is 6.61 Å². The summed E-state index contributed by atoms with van der Waals surface area (Å²) in [5.74, 6) is -1.38. The molecule has 16 heavy (non-hydrogen) atoms. The van der Waals surface area contributed by atoms with Gasteiger partial charge in [-0.2, -0.15) is 0 Å². The molecule has 0 heterocycles. The van der Waals surface area contributed by atoms with E-state index in [1.165, 1.54) is 18.3 Å². The number of hydrogen-bond acceptors (Lipinski definition) is 3. The Kier molecular flexibility index (Phi) is 4.32. The van der Waals surface area contributed by atoms with Gasteiger partial charge in [0.1, 0.15) is 0 Å². The van der Waals surface area contributed by atoms with Gasteiger partial charge < -0.3 is 15.2 Å². The van der Waals surface area contributed by atoms with E-state index in [9.17, 15) is 9.18 Å². The molecule has 0 aromatic heterocycles. The van der Waals surface area contributed by atoms with Crippen LogP contribution in [0, 0.1) is 5.82 Å². The molecule has 0 unspecified atom stereocenters. The molecule has 0 spiro atoms. The molecule has 5 heteroatoms. The Morgan fingerprint density at radius 1 is 1.62 bits per heavy atom. The van der Waals surface area contributed by atoms with Crippen molar-refractivity contribution in [1.29, 1.82) is 0 Å². The van der Waals surface area contributed by atoms with Crippen LogP contribution >= 0.6 is 0 Å². The number of halogens is 1. The Bertz CT molecular complexity index is 404. The molecule has 1 rings (SSSR count). The lowest BCUT2D eigenvalue weighted by molar-refractivity contribution is -0.131. The minimum absolute atomic E-state index is 0.176. The van der Waals surface area contributed by atoms with Gasteiger partial charge in [0.25, 0.3) is 0 Å². The average Bonchev–Trinajstić information content (AvgIpc) is 2.21. The van der Waals surface area contributed by atoms with Gasteiger partial charge in [-0.15, -0.1) is 0 Å². The number of carbonyl (C=O) groups is 1. The van der Waals surface area contributed by atoms with Crippen LogP contribution < -0.4 is 10.1 Å². The number of carboxylic acid groups (broad SMARTS) is 1. The van der Waals surface area contributed by atoms with Crippen molar-refractivity contribution in [3.8, 4) is 5.75 Å². The largest absolute Gasteiger partial charge is 0.491 e. The molecule has 0 fully saturated rings. The van der Waals surface area contributed by atoms with Gasteiger partial charge in [0.15, 0.2) is 11.6 Å². The summed E-state index contributed by atoms with van der Waals surface area (Å²) in [5, 5.41) is 11.0. The van der Waals surface area contributed by atoms with Crippen LogP contribution in [0.15, 0.2) is 30.5 Å². The predicted molar refractivity (Wildman–Crippen MR) is 58.0 cm³/mol. The predicted octanol–water partition coefficient (Wildman–Crippen LogP) is 2.23. The van der Waals surface area contributed by atoms with E-state index in [1.807, 2.05) is 0 Å². The zero-order chi connectivity index (χ0) is 12.0. The molecule has 4 nitrogen and oxygen atoms in total. The fourth-order valence-corrected chi connectivity index (χ4v) is 1.07. The summed E-state index contributed by atoms with van der Waals surface area (Å²) in [4.78, 5) is 10.2. The van der Waals surface area contributed by atoms with E-state index in [4.69, 9.17) is 9.84 Å². The number of aliphatic carboxylic acids is 1. The minimum Gasteiger partial charge on any atom is -0.491 e. The maximum absolute atomic E-state index is 13.3. The van der Waals surface area contributed by atoms with Crippen molar-refractivity contribution in [3.05, 3.63) is 36.3 Å². The highest BCUT2D eigenvalue weighted by atomic mass is 19.1. The van der Waals surface area contributed by atoms with Crippen LogP contribution in [0.1, 0.15) is 6.92 Å². The summed E-state index contributed by atoms with van der Waals surface area (Å²) in [5.41, 5.74) is 0.457. The van der Waals surface area contributed by atoms with Crippen molar-refractivity contribution in [2.24, 2.45) is 0 Å². The molecule has 0 bridgehead atoms. The van der Waals surface area contributed by atoms with Gasteiger partial charge in [0.2, 0.25) is 0 Å². The van der Waals surface area contributed by atoms with E-state index in [2.05, 4.69) is 5.32 Å². The summed E-state index contributed by atoms with van der Waals surface area (Å²) >= 11 is 0. The molecule has 0 saturated carbocycles. The molecule has 0 amide bonds. The Hall–Kier alpha value is -2.04. The summed E-state index contributed by atoms with van der Waals surface area (Å²) < 4.78 is 18.3. The number of carboxylic acids is 1. The van der Waals surface area contributed by atoms with Crippen molar-refractivity contribution in [1.82, 2.24) is 0 Å². The fraction of sp³-hybridized carbons (Fsp3) is 0.182. The first-order valence-electron chi connectivity index (χ1n) is 4.72. The van der Waals surface area contributed by atoms with E-state index in [-0.39, 0.29) is 5.75 Å². The first kappa shape index (κ1) is 12.0. The van der Waals surface area contributed by atoms with Crippen LogP contribution in [0.4, 0.5) is 10.1 Å². The molecule has 0 aliphatic carbocycles. The standard InChI is InChI=1S/C11H12FNO3/c1-2-16-10-4-3-8(7-9(10)12)13-6-5-11(14)15/h3-7,13H,2H2,1H3,(H,14,15)/b6-5+. The van der Waals surface area contributed by atoms with Gasteiger partial charge in [-0.3, -0.25) is 0 Å². The van der Waals surface area contributed by atoms with Gasteiger partial charge in [-0.1, -0.05) is 0 Å². The second kappa shape index (κ2) is 5.75. The lowest BCUT2D eigenvalue weighted by Crippen LogP contribution is -1.96. The van der Waals surface area contributed by atoms with Gasteiger partial charge >= 0.3 is 5.97 Å². The molecule has 0 aliphatic heterocycles. The van der Waals surface area contributed by atoms with E-state index >= 15 is 0 Å². The van der Waals surface area contributed by atoms with E-state index in [0.717, 1.165) is 6.08 Å². The SMILES string of the molecule is CCOc1ccc(N/C=C/C(=O)O)cc1F. The monoisotopic (exact) mass is 225 g/mol. The van der Waals surface area contributed by atoms with E-state index in [0.29, 0.717) is 12.3 Å². The molecule has 0 radical (unpaired) electrons. The van der Waals surface area contributed by atoms with Crippen LogP contribution in [-0.4, -0.2) is 17.7 Å². The van der Waals surface area contributed by atoms with Gasteiger partial charge in [0, 0.05) is 24.0 Å². The van der Waals surface area contributed by atoms with Gasteiger partial charge in [-0.25, -0.2) is 9.18 Å². The number of rotatable bonds is 5. The molecular weight excluding hydrogens is 213 g/mol. The Morgan fingerprint density at radius 2 is 2.38 bits per heavy atom. The molecule has 86 valence electrons. The average molecular weight is 225 g/mol. The van der Waals surface area contributed by atoms with Crippen molar-refractivity contribution < 1.29 is 19.0 Å². The summed E-state index contributed by atoms with van der Waals surface area (Å²) in [6, 6.07) is 4.31. The van der Waals surface area contributed by atoms with Crippen LogP contribution in [0.25, 0.3) is 0 Å². The summed E-state index contributed by atoms with van der Waals surface area (Å²) in [6.45, 7) is 2.16. The molecule has 0 aliphatic rings. The van der Waals surface area contributed by atoms with E-state index in [1.54, 1.807) is 13.0 Å². The Labute approximate surface area is 92.4 Å².